The number of unbranched alkanes of at least 4 members (excludes halogenated alkanes) is 1. The zero-order valence-electron chi connectivity index (χ0n) is 22.2. The molecule has 0 radical (unpaired) electrons. The molecule has 1 aromatic heterocycles. The molecule has 0 bridgehead atoms. The van der Waals surface area contributed by atoms with Gasteiger partial charge < -0.3 is 15.2 Å². The molecule has 3 aromatic carbocycles. The average molecular weight is 533 g/mol. The highest BCUT2D eigenvalue weighted by atomic mass is 32.2. The third kappa shape index (κ3) is 6.59. The highest BCUT2D eigenvalue weighted by molar-refractivity contribution is 7.92. The van der Waals surface area contributed by atoms with Gasteiger partial charge in [0.25, 0.3) is 10.0 Å². The number of rotatable bonds is 12. The number of anilines is 1. The molecular weight excluding hydrogens is 496 g/mol. The normalized spacial score (nSPS) is 11.8. The molecule has 200 valence electrons. The minimum absolute atomic E-state index is 0.0572. The van der Waals surface area contributed by atoms with E-state index in [4.69, 9.17) is 16.1 Å². The number of hydrogen-bond donors (Lipinski definition) is 3. The van der Waals surface area contributed by atoms with E-state index in [0.29, 0.717) is 22.6 Å². The van der Waals surface area contributed by atoms with Crippen LogP contribution in [0.15, 0.2) is 71.6 Å². The fourth-order valence-electron chi connectivity index (χ4n) is 4.57. The number of nitrogen functional groups attached to an aromatic ring is 1. The monoisotopic (exact) mass is 532 g/mol. The Morgan fingerprint density at radius 2 is 1.74 bits per heavy atom. The van der Waals surface area contributed by atoms with Crippen molar-refractivity contribution in [2.75, 3.05) is 25.4 Å². The zero-order chi connectivity index (χ0) is 27.3. The summed E-state index contributed by atoms with van der Waals surface area (Å²) in [6.45, 7) is 0.978. The Kier molecular flexibility index (Phi) is 8.48. The molecule has 0 aliphatic rings. The van der Waals surface area contributed by atoms with Crippen LogP contribution in [0.25, 0.3) is 11.0 Å². The van der Waals surface area contributed by atoms with Crippen molar-refractivity contribution in [2.24, 2.45) is 12.8 Å². The van der Waals surface area contributed by atoms with Crippen molar-refractivity contribution in [1.29, 1.82) is 5.41 Å². The molecule has 9 heteroatoms. The molecule has 38 heavy (non-hydrogen) atoms. The first-order valence-corrected chi connectivity index (χ1v) is 14.3. The highest BCUT2D eigenvalue weighted by Crippen LogP contribution is 2.25. The van der Waals surface area contributed by atoms with Crippen molar-refractivity contribution in [2.45, 2.75) is 37.0 Å². The lowest BCUT2D eigenvalue weighted by molar-refractivity contribution is 0.394. The number of aryl methyl sites for hydroxylation is 4. The van der Waals surface area contributed by atoms with E-state index < -0.39 is 10.0 Å². The maximum atomic E-state index is 13.3. The molecular formula is C29H36N6O2S. The van der Waals surface area contributed by atoms with Crippen LogP contribution in [0.3, 0.4) is 0 Å². The second-order valence-corrected chi connectivity index (χ2v) is 11.5. The molecule has 4 aromatic rings. The topological polar surface area (TPSA) is 117 Å². The number of aromatic nitrogens is 2. The van der Waals surface area contributed by atoms with Crippen molar-refractivity contribution in [3.05, 3.63) is 89.2 Å². The number of amidine groups is 1. The summed E-state index contributed by atoms with van der Waals surface area (Å²) >= 11 is 0. The van der Waals surface area contributed by atoms with E-state index in [9.17, 15) is 8.42 Å². The van der Waals surface area contributed by atoms with Crippen LogP contribution in [0.1, 0.15) is 35.4 Å². The summed E-state index contributed by atoms with van der Waals surface area (Å²) in [6.07, 6.45) is 4.17. The largest absolute Gasteiger partial charge is 0.384 e. The second-order valence-electron chi connectivity index (χ2n) is 9.87. The van der Waals surface area contributed by atoms with Crippen LogP contribution in [0.2, 0.25) is 0 Å². The van der Waals surface area contributed by atoms with Crippen molar-refractivity contribution in [1.82, 2.24) is 14.5 Å². The lowest BCUT2D eigenvalue weighted by atomic mass is 10.1. The van der Waals surface area contributed by atoms with Crippen LogP contribution in [-0.4, -0.2) is 49.3 Å². The molecule has 4 rings (SSSR count). The molecule has 0 atom stereocenters. The molecule has 1 heterocycles. The van der Waals surface area contributed by atoms with Gasteiger partial charge in [0.15, 0.2) is 0 Å². The van der Waals surface area contributed by atoms with Gasteiger partial charge in [-0.15, -0.1) is 0 Å². The summed E-state index contributed by atoms with van der Waals surface area (Å²) in [5.41, 5.74) is 10.4. The number of nitrogens with one attached hydrogen (secondary N) is 2. The molecule has 0 fully saturated rings. The van der Waals surface area contributed by atoms with E-state index in [2.05, 4.69) is 9.62 Å². The van der Waals surface area contributed by atoms with Gasteiger partial charge in [-0.05, 0) is 81.7 Å². The van der Waals surface area contributed by atoms with Crippen LogP contribution in [0.4, 0.5) is 5.69 Å². The summed E-state index contributed by atoms with van der Waals surface area (Å²) in [4.78, 5) is 7.25. The van der Waals surface area contributed by atoms with Gasteiger partial charge in [0.1, 0.15) is 11.7 Å². The van der Waals surface area contributed by atoms with E-state index in [-0.39, 0.29) is 5.84 Å². The Hall–Kier alpha value is -3.69. The van der Waals surface area contributed by atoms with E-state index in [1.54, 1.807) is 24.3 Å². The first-order valence-electron chi connectivity index (χ1n) is 12.8. The quantitative estimate of drug-likeness (QED) is 0.143. The minimum atomic E-state index is -3.74. The van der Waals surface area contributed by atoms with Crippen LogP contribution >= 0.6 is 0 Å². The highest BCUT2D eigenvalue weighted by Gasteiger charge is 2.19. The van der Waals surface area contributed by atoms with Crippen LogP contribution in [0, 0.1) is 5.41 Å². The van der Waals surface area contributed by atoms with Gasteiger partial charge in [0, 0.05) is 19.0 Å². The third-order valence-electron chi connectivity index (χ3n) is 6.69. The van der Waals surface area contributed by atoms with Crippen LogP contribution in [-0.2, 0) is 36.3 Å². The van der Waals surface area contributed by atoms with Crippen molar-refractivity contribution >= 4 is 32.6 Å². The molecule has 0 spiro atoms. The number of nitrogens with zero attached hydrogens (tertiary/aromatic N) is 3. The van der Waals surface area contributed by atoms with Crippen LogP contribution in [0.5, 0.6) is 0 Å². The molecule has 0 aliphatic heterocycles. The van der Waals surface area contributed by atoms with E-state index in [1.807, 2.05) is 68.2 Å². The van der Waals surface area contributed by atoms with Gasteiger partial charge in [-0.2, -0.15) is 0 Å². The van der Waals surface area contributed by atoms with Crippen LogP contribution < -0.4 is 10.5 Å². The smallest absolute Gasteiger partial charge is 0.262 e. The molecule has 0 amide bonds. The average Bonchev–Trinajstić information content (AvgIpc) is 3.20. The maximum Gasteiger partial charge on any atom is 0.262 e. The summed E-state index contributed by atoms with van der Waals surface area (Å²) in [6, 6.07) is 20.4. The molecule has 8 nitrogen and oxygen atoms in total. The molecule has 0 aliphatic carbocycles. The number of sulfonamides is 1. The lowest BCUT2D eigenvalue weighted by Crippen LogP contribution is -2.16. The van der Waals surface area contributed by atoms with Gasteiger partial charge in [-0.3, -0.25) is 10.1 Å². The lowest BCUT2D eigenvalue weighted by Gasteiger charge is -2.13. The maximum absolute atomic E-state index is 13.3. The molecule has 0 unspecified atom stereocenters. The van der Waals surface area contributed by atoms with E-state index in [1.165, 1.54) is 0 Å². The summed E-state index contributed by atoms with van der Waals surface area (Å²) in [5.74, 6) is 0.973. The number of nitrogens with two attached hydrogens (primary N) is 1. The van der Waals surface area contributed by atoms with Crippen molar-refractivity contribution in [3.63, 3.8) is 0 Å². The Bertz CT molecular complexity index is 1520. The Morgan fingerprint density at radius 3 is 2.45 bits per heavy atom. The minimum Gasteiger partial charge on any atom is -0.384 e. The fourth-order valence-corrected chi connectivity index (χ4v) is 5.89. The van der Waals surface area contributed by atoms with Crippen molar-refractivity contribution in [3.8, 4) is 0 Å². The van der Waals surface area contributed by atoms with Gasteiger partial charge in [-0.1, -0.05) is 42.5 Å². The van der Waals surface area contributed by atoms with E-state index >= 15 is 0 Å². The first kappa shape index (κ1) is 27.3. The number of hydrogen-bond acceptors (Lipinski definition) is 5. The molecule has 4 N–H and O–H groups in total. The predicted octanol–water partition coefficient (Wildman–Crippen LogP) is 4.33. The number of benzene rings is 3. The van der Waals surface area contributed by atoms with Gasteiger partial charge >= 0.3 is 0 Å². The Morgan fingerprint density at radius 1 is 1.00 bits per heavy atom. The van der Waals surface area contributed by atoms with Gasteiger partial charge in [-0.25, -0.2) is 13.4 Å². The predicted molar refractivity (Wildman–Crippen MR) is 154 cm³/mol. The van der Waals surface area contributed by atoms with Gasteiger partial charge in [0.2, 0.25) is 0 Å². The third-order valence-corrected chi connectivity index (χ3v) is 8.17. The Labute approximate surface area is 225 Å². The standard InChI is InChI=1S/C29H36N6O2S/c1-34(2)19-7-6-9-22-8-4-5-10-27(22)38(36,37)33-24-16-17-26-25(20-24)32-28(35(26)3)18-13-21-11-14-23(15-12-21)29(30)31/h4-5,8,10-12,14-17,20,33H,6-7,9,13,18-19H2,1-3H3,(H3,30,31). The first-order chi connectivity index (χ1) is 18.1. The second kappa shape index (κ2) is 11.8. The van der Waals surface area contributed by atoms with Gasteiger partial charge in [0.05, 0.1) is 21.6 Å². The summed E-state index contributed by atoms with van der Waals surface area (Å²) in [5, 5.41) is 7.53. The fraction of sp³-hybridized carbons (Fsp3) is 0.310. The SMILES string of the molecule is CN(C)CCCCc1ccccc1S(=O)(=O)Nc1ccc2c(c1)nc(CCc1ccc(C(=N)N)cc1)n2C. The summed E-state index contributed by atoms with van der Waals surface area (Å²) < 4.78 is 31.5. The molecule has 0 saturated heterocycles. The molecule has 0 saturated carbocycles. The Balaban J connectivity index is 1.48. The number of imidazole rings is 1. The summed E-state index contributed by atoms with van der Waals surface area (Å²) in [7, 11) is 2.31. The number of fused-ring (bicyclic) bond motifs is 1. The van der Waals surface area contributed by atoms with Crippen molar-refractivity contribution < 1.29 is 8.42 Å². The van der Waals surface area contributed by atoms with E-state index in [0.717, 1.165) is 60.2 Å². The zero-order valence-corrected chi connectivity index (χ0v) is 23.1.